The van der Waals surface area contributed by atoms with Crippen molar-refractivity contribution in [2.75, 3.05) is 0 Å². The van der Waals surface area contributed by atoms with E-state index < -0.39 is 0 Å². The van der Waals surface area contributed by atoms with Crippen LogP contribution in [0.5, 0.6) is 0 Å². The number of aromatic nitrogens is 5. The maximum Gasteiger partial charge on any atom is 0.238 e. The lowest BCUT2D eigenvalue weighted by Gasteiger charge is -2.11. The van der Waals surface area contributed by atoms with Gasteiger partial charge in [0.05, 0.1) is 22.1 Å². The monoisotopic (exact) mass is 629 g/mol. The van der Waals surface area contributed by atoms with Gasteiger partial charge in [0, 0.05) is 38.4 Å². The minimum absolute atomic E-state index is 0.580. The van der Waals surface area contributed by atoms with Crippen LogP contribution in [0, 0.1) is 0 Å². The highest BCUT2D eigenvalue weighted by Crippen LogP contribution is 2.42. The molecule has 0 fully saturated rings. The molecular weight excluding hydrogens is 599 g/mol. The predicted octanol–water partition coefficient (Wildman–Crippen LogP) is 11.2. The highest BCUT2D eigenvalue weighted by Gasteiger charge is 2.22. The van der Waals surface area contributed by atoms with Crippen LogP contribution < -0.4 is 0 Å². The van der Waals surface area contributed by atoms with E-state index in [1.165, 1.54) is 21.5 Å². The maximum absolute atomic E-state index is 5.21. The number of hydrogen-bond acceptors (Lipinski definition) is 3. The molecule has 9 rings (SSSR count). The Morgan fingerprint density at radius 3 is 1.98 bits per heavy atom. The summed E-state index contributed by atoms with van der Waals surface area (Å²) in [7, 11) is 0. The van der Waals surface area contributed by atoms with Gasteiger partial charge in [0.25, 0.3) is 0 Å². The zero-order chi connectivity index (χ0) is 32.9. The van der Waals surface area contributed by atoms with Crippen LogP contribution in [-0.2, 0) is 0 Å². The molecule has 49 heavy (non-hydrogen) atoms. The third-order valence-electron chi connectivity index (χ3n) is 9.27. The van der Waals surface area contributed by atoms with Crippen LogP contribution in [0.4, 0.5) is 0 Å². The van der Waals surface area contributed by atoms with Crippen LogP contribution in [0.3, 0.4) is 0 Å². The van der Waals surface area contributed by atoms with Crippen molar-refractivity contribution in [2.45, 2.75) is 6.92 Å². The van der Waals surface area contributed by atoms with E-state index in [-0.39, 0.29) is 0 Å². The average Bonchev–Trinajstić information content (AvgIpc) is 3.68. The van der Waals surface area contributed by atoms with Crippen LogP contribution in [0.15, 0.2) is 164 Å². The highest BCUT2D eigenvalue weighted by atomic mass is 15.2. The highest BCUT2D eigenvalue weighted by molar-refractivity contribution is 6.29. The van der Waals surface area contributed by atoms with Crippen molar-refractivity contribution in [3.8, 4) is 28.7 Å². The van der Waals surface area contributed by atoms with E-state index >= 15 is 0 Å². The number of allylic oxidation sites excluding steroid dienone is 5. The number of rotatable bonds is 6. The van der Waals surface area contributed by atoms with Gasteiger partial charge in [0.1, 0.15) is 0 Å². The van der Waals surface area contributed by atoms with Crippen LogP contribution in [0.1, 0.15) is 6.92 Å². The summed E-state index contributed by atoms with van der Waals surface area (Å²) in [5, 5.41) is 7.04. The lowest BCUT2D eigenvalue weighted by Crippen LogP contribution is -2.06. The molecule has 0 bridgehead atoms. The Bertz CT molecular complexity index is 2800. The molecule has 0 spiro atoms. The van der Waals surface area contributed by atoms with E-state index in [1.54, 1.807) is 6.08 Å². The van der Waals surface area contributed by atoms with E-state index in [0.717, 1.165) is 49.7 Å². The first-order chi connectivity index (χ1) is 24.2. The summed E-state index contributed by atoms with van der Waals surface area (Å²) in [6, 6.07) is 46.6. The molecule has 3 heterocycles. The molecule has 3 aromatic heterocycles. The van der Waals surface area contributed by atoms with Crippen molar-refractivity contribution in [2.24, 2.45) is 0 Å². The summed E-state index contributed by atoms with van der Waals surface area (Å²) in [6.07, 6.45) is 7.91. The molecule has 9 aromatic rings. The molecule has 0 N–H and O–H groups in total. The van der Waals surface area contributed by atoms with Crippen molar-refractivity contribution in [3.63, 3.8) is 0 Å². The zero-order valence-corrected chi connectivity index (χ0v) is 27.0. The molecule has 0 unspecified atom stereocenters. The molecule has 232 valence electrons. The van der Waals surface area contributed by atoms with Crippen molar-refractivity contribution in [1.29, 1.82) is 0 Å². The average molecular weight is 630 g/mol. The van der Waals surface area contributed by atoms with Gasteiger partial charge in [0.2, 0.25) is 5.95 Å². The quantitative estimate of drug-likeness (QED) is 0.172. The molecule has 5 nitrogen and oxygen atoms in total. The SMILES string of the molecule is C=C/C=C\C=C(/C)n1c2ccccc2c2c3c4ccccc4n(-c4nc(-c5ccccc5)nc(-c5ccc6ccccc6c5)n4)c3ccc21. The molecule has 0 aliphatic rings. The van der Waals surface area contributed by atoms with Gasteiger partial charge in [-0.2, -0.15) is 9.97 Å². The van der Waals surface area contributed by atoms with Crippen molar-refractivity contribution >= 4 is 60.1 Å². The predicted molar refractivity (Wildman–Crippen MR) is 205 cm³/mol. The van der Waals surface area contributed by atoms with Crippen LogP contribution in [0.25, 0.3) is 88.8 Å². The first kappa shape index (κ1) is 28.6. The molecule has 0 aliphatic heterocycles. The van der Waals surface area contributed by atoms with Gasteiger partial charge in [-0.3, -0.25) is 4.57 Å². The standard InChI is InChI=1S/C44H31N5/c1-3-4-6-15-29(2)48-36-22-13-11-20-34(36)40-38(48)26-27-39-41(40)35-21-12-14-23-37(35)49(39)44-46-42(31-17-7-5-8-18-31)45-43(47-44)33-25-24-30-16-9-10-19-32(30)28-33/h3-28H,1H2,2H3/b6-4-,29-15+. The summed E-state index contributed by atoms with van der Waals surface area (Å²) >= 11 is 0. The topological polar surface area (TPSA) is 48.5 Å². The maximum atomic E-state index is 5.21. The largest absolute Gasteiger partial charge is 0.313 e. The van der Waals surface area contributed by atoms with Gasteiger partial charge in [-0.15, -0.1) is 0 Å². The Morgan fingerprint density at radius 2 is 1.18 bits per heavy atom. The number of fused-ring (bicyclic) bond motifs is 8. The molecule has 0 atom stereocenters. The smallest absolute Gasteiger partial charge is 0.238 e. The summed E-state index contributed by atoms with van der Waals surface area (Å²) in [5.41, 5.74) is 7.39. The van der Waals surface area contributed by atoms with Gasteiger partial charge in [-0.25, -0.2) is 4.98 Å². The van der Waals surface area contributed by atoms with E-state index in [9.17, 15) is 0 Å². The van der Waals surface area contributed by atoms with E-state index in [4.69, 9.17) is 15.0 Å². The second-order valence-electron chi connectivity index (χ2n) is 12.2. The Labute approximate surface area is 283 Å². The summed E-state index contributed by atoms with van der Waals surface area (Å²) < 4.78 is 4.54. The lowest BCUT2D eigenvalue weighted by molar-refractivity contribution is 0.954. The van der Waals surface area contributed by atoms with Gasteiger partial charge < -0.3 is 4.57 Å². The second kappa shape index (κ2) is 11.6. The molecule has 6 aromatic carbocycles. The summed E-state index contributed by atoms with van der Waals surface area (Å²) in [6.45, 7) is 5.98. The number of hydrogen-bond donors (Lipinski definition) is 0. The minimum atomic E-state index is 0.580. The van der Waals surface area contributed by atoms with E-state index in [2.05, 4.69) is 132 Å². The zero-order valence-electron chi connectivity index (χ0n) is 27.0. The van der Waals surface area contributed by atoms with Crippen LogP contribution >= 0.6 is 0 Å². The molecule has 0 amide bonds. The number of benzene rings is 6. The van der Waals surface area contributed by atoms with Gasteiger partial charge in [-0.05, 0) is 54.1 Å². The fourth-order valence-electron chi connectivity index (χ4n) is 7.10. The van der Waals surface area contributed by atoms with Crippen LogP contribution in [0.2, 0.25) is 0 Å². The van der Waals surface area contributed by atoms with Crippen molar-refractivity contribution in [1.82, 2.24) is 24.1 Å². The molecular formula is C44H31N5. The summed E-state index contributed by atoms with van der Waals surface area (Å²) in [4.78, 5) is 15.4. The van der Waals surface area contributed by atoms with Gasteiger partial charge >= 0.3 is 0 Å². The van der Waals surface area contributed by atoms with E-state index in [0.29, 0.717) is 17.6 Å². The Kier molecular flexibility index (Phi) is 6.76. The fraction of sp³-hybridized carbons (Fsp3) is 0.0227. The Hall–Kier alpha value is -6.59. The molecule has 0 saturated carbocycles. The molecule has 0 aliphatic carbocycles. The second-order valence-corrected chi connectivity index (χ2v) is 12.2. The normalized spacial score (nSPS) is 12.3. The molecule has 0 radical (unpaired) electrons. The Morgan fingerprint density at radius 1 is 0.551 bits per heavy atom. The summed E-state index contributed by atoms with van der Waals surface area (Å²) in [5.74, 6) is 1.84. The molecule has 0 saturated heterocycles. The first-order valence-electron chi connectivity index (χ1n) is 16.4. The number of para-hydroxylation sites is 2. The third kappa shape index (κ3) is 4.67. The number of nitrogens with zero attached hydrogens (tertiary/aromatic N) is 5. The molecule has 5 heteroatoms. The van der Waals surface area contributed by atoms with Crippen molar-refractivity contribution < 1.29 is 0 Å². The van der Waals surface area contributed by atoms with Crippen LogP contribution in [-0.4, -0.2) is 24.1 Å². The van der Waals surface area contributed by atoms with Crippen molar-refractivity contribution in [3.05, 3.63) is 164 Å². The lowest BCUT2D eigenvalue weighted by atomic mass is 10.1. The van der Waals surface area contributed by atoms with Gasteiger partial charge in [-0.1, -0.05) is 128 Å². The fourth-order valence-corrected chi connectivity index (χ4v) is 7.10. The minimum Gasteiger partial charge on any atom is -0.313 e. The first-order valence-corrected chi connectivity index (χ1v) is 16.4. The Balaban J connectivity index is 1.37. The van der Waals surface area contributed by atoms with Gasteiger partial charge in [0.15, 0.2) is 11.6 Å². The third-order valence-corrected chi connectivity index (χ3v) is 9.27. The van der Waals surface area contributed by atoms with E-state index in [1.807, 2.05) is 42.5 Å².